The van der Waals surface area contributed by atoms with E-state index in [1.54, 1.807) is 24.3 Å². The van der Waals surface area contributed by atoms with Gasteiger partial charge in [-0.25, -0.2) is 8.42 Å². The second-order valence-corrected chi connectivity index (χ2v) is 11.8. The number of carbonyl (C=O) groups excluding carboxylic acids is 1. The predicted molar refractivity (Wildman–Crippen MR) is 131 cm³/mol. The van der Waals surface area contributed by atoms with Crippen molar-refractivity contribution < 1.29 is 17.9 Å². The summed E-state index contributed by atoms with van der Waals surface area (Å²) in [6.07, 6.45) is 2.15. The SMILES string of the molecule is CCCCOc1cccc(N2C(=NC(=O)Cc3ccc(Cl)cc3)S[C@H]3CS(=O)(=O)C[C@@H]32)c1. The number of rotatable bonds is 7. The molecule has 2 aliphatic heterocycles. The van der Waals surface area contributed by atoms with Gasteiger partial charge in [0.1, 0.15) is 5.75 Å². The molecule has 0 N–H and O–H groups in total. The lowest BCUT2D eigenvalue weighted by atomic mass is 10.1. The minimum atomic E-state index is -3.12. The van der Waals surface area contributed by atoms with Crippen LogP contribution in [0.15, 0.2) is 53.5 Å². The Kier molecular flexibility index (Phi) is 7.12. The third kappa shape index (κ3) is 5.47. The second kappa shape index (κ2) is 9.85. The van der Waals surface area contributed by atoms with Gasteiger partial charge in [-0.15, -0.1) is 0 Å². The van der Waals surface area contributed by atoms with Gasteiger partial charge >= 0.3 is 0 Å². The van der Waals surface area contributed by atoms with E-state index in [0.717, 1.165) is 29.8 Å². The Balaban J connectivity index is 1.60. The molecular weight excluding hydrogens is 468 g/mol. The van der Waals surface area contributed by atoms with Crippen LogP contribution in [0.1, 0.15) is 25.3 Å². The Labute approximate surface area is 197 Å². The van der Waals surface area contributed by atoms with E-state index < -0.39 is 9.84 Å². The number of amidine groups is 1. The van der Waals surface area contributed by atoms with Crippen molar-refractivity contribution in [1.29, 1.82) is 0 Å². The summed E-state index contributed by atoms with van der Waals surface area (Å²) in [6.45, 7) is 2.72. The molecule has 0 bridgehead atoms. The topological polar surface area (TPSA) is 76.0 Å². The maximum Gasteiger partial charge on any atom is 0.252 e. The predicted octanol–water partition coefficient (Wildman–Crippen LogP) is 4.36. The quantitative estimate of drug-likeness (QED) is 0.534. The normalized spacial score (nSPS) is 22.8. The fourth-order valence-electron chi connectivity index (χ4n) is 3.85. The highest BCUT2D eigenvalue weighted by Gasteiger charge is 2.49. The van der Waals surface area contributed by atoms with E-state index in [9.17, 15) is 13.2 Å². The number of amides is 1. The first-order valence-corrected chi connectivity index (χ1v) is 13.7. The number of ether oxygens (including phenoxy) is 1. The largest absolute Gasteiger partial charge is 0.494 e. The summed E-state index contributed by atoms with van der Waals surface area (Å²) in [5, 5.41) is 1.01. The summed E-state index contributed by atoms with van der Waals surface area (Å²) in [5.41, 5.74) is 1.61. The molecule has 32 heavy (non-hydrogen) atoms. The molecule has 0 radical (unpaired) electrons. The van der Waals surface area contributed by atoms with E-state index in [4.69, 9.17) is 16.3 Å². The first-order chi connectivity index (χ1) is 15.3. The summed E-state index contributed by atoms with van der Waals surface area (Å²) in [6, 6.07) is 14.4. The van der Waals surface area contributed by atoms with Crippen molar-refractivity contribution in [3.05, 3.63) is 59.1 Å². The number of unbranched alkanes of at least 4 members (excludes halogenated alkanes) is 1. The summed E-state index contributed by atoms with van der Waals surface area (Å²) in [4.78, 5) is 19.0. The molecule has 2 atom stereocenters. The van der Waals surface area contributed by atoms with Crippen molar-refractivity contribution in [2.75, 3.05) is 23.0 Å². The van der Waals surface area contributed by atoms with Crippen molar-refractivity contribution in [3.63, 3.8) is 0 Å². The molecular formula is C23H25ClN2O4S2. The number of anilines is 1. The number of fused-ring (bicyclic) bond motifs is 1. The van der Waals surface area contributed by atoms with E-state index in [1.807, 2.05) is 29.2 Å². The van der Waals surface area contributed by atoms with Gasteiger partial charge < -0.3 is 9.64 Å². The number of hydrogen-bond acceptors (Lipinski definition) is 5. The van der Waals surface area contributed by atoms with Crippen LogP contribution >= 0.6 is 23.4 Å². The minimum Gasteiger partial charge on any atom is -0.494 e. The average molecular weight is 493 g/mol. The third-order valence-corrected chi connectivity index (χ3v) is 8.88. The average Bonchev–Trinajstić information content (AvgIpc) is 3.20. The fourth-order valence-corrected chi connectivity index (χ4v) is 7.90. The number of carbonyl (C=O) groups is 1. The molecule has 0 saturated carbocycles. The molecule has 2 fully saturated rings. The van der Waals surface area contributed by atoms with Gasteiger partial charge in [0.2, 0.25) is 0 Å². The molecule has 2 aliphatic rings. The highest BCUT2D eigenvalue weighted by molar-refractivity contribution is 8.16. The van der Waals surface area contributed by atoms with Crippen LogP contribution in [0.25, 0.3) is 0 Å². The standard InChI is InChI=1S/C23H25ClN2O4S2/c1-2-3-11-30-19-6-4-5-18(13-19)26-20-14-32(28,29)15-21(20)31-23(26)25-22(27)12-16-7-9-17(24)10-8-16/h4-10,13,20-21H,2-3,11-12,14-15H2,1H3/t20-,21-/m0/s1. The fraction of sp³-hybridized carbons (Fsp3) is 0.391. The Bertz CT molecular complexity index is 1120. The van der Waals surface area contributed by atoms with Gasteiger partial charge in [-0.3, -0.25) is 4.79 Å². The van der Waals surface area contributed by atoms with E-state index in [1.165, 1.54) is 11.8 Å². The lowest BCUT2D eigenvalue weighted by Crippen LogP contribution is -2.37. The Morgan fingerprint density at radius 2 is 2.00 bits per heavy atom. The first kappa shape index (κ1) is 23.1. The van der Waals surface area contributed by atoms with Crippen LogP contribution in [0.2, 0.25) is 5.02 Å². The highest BCUT2D eigenvalue weighted by atomic mass is 35.5. The van der Waals surface area contributed by atoms with E-state index in [0.29, 0.717) is 16.8 Å². The number of halogens is 1. The van der Waals surface area contributed by atoms with Crippen molar-refractivity contribution in [2.24, 2.45) is 4.99 Å². The van der Waals surface area contributed by atoms with Crippen molar-refractivity contribution in [2.45, 2.75) is 37.5 Å². The van der Waals surface area contributed by atoms with Gasteiger partial charge in [0, 0.05) is 22.0 Å². The van der Waals surface area contributed by atoms with Gasteiger partial charge in [-0.1, -0.05) is 54.9 Å². The van der Waals surface area contributed by atoms with Crippen molar-refractivity contribution in [3.8, 4) is 5.75 Å². The summed E-state index contributed by atoms with van der Waals surface area (Å²) >= 11 is 7.29. The van der Waals surface area contributed by atoms with Gasteiger partial charge in [-0.2, -0.15) is 4.99 Å². The number of thioether (sulfide) groups is 1. The minimum absolute atomic E-state index is 0.0516. The van der Waals surface area contributed by atoms with E-state index in [2.05, 4.69) is 11.9 Å². The lowest BCUT2D eigenvalue weighted by molar-refractivity contribution is -0.117. The second-order valence-electron chi connectivity index (χ2n) is 7.96. The molecule has 0 unspecified atom stereocenters. The van der Waals surface area contributed by atoms with Crippen LogP contribution in [-0.2, 0) is 21.1 Å². The zero-order valence-electron chi connectivity index (χ0n) is 17.7. The Morgan fingerprint density at radius 1 is 1.22 bits per heavy atom. The van der Waals surface area contributed by atoms with Crippen LogP contribution in [-0.4, -0.2) is 48.9 Å². The van der Waals surface area contributed by atoms with Crippen LogP contribution in [0.3, 0.4) is 0 Å². The van der Waals surface area contributed by atoms with E-state index in [-0.39, 0.29) is 35.1 Å². The molecule has 2 aromatic carbocycles. The van der Waals surface area contributed by atoms with E-state index >= 15 is 0 Å². The smallest absolute Gasteiger partial charge is 0.252 e. The molecule has 0 spiro atoms. The highest BCUT2D eigenvalue weighted by Crippen LogP contribution is 2.41. The Morgan fingerprint density at radius 3 is 2.75 bits per heavy atom. The lowest BCUT2D eigenvalue weighted by Gasteiger charge is -2.25. The van der Waals surface area contributed by atoms with Crippen LogP contribution in [0, 0.1) is 0 Å². The number of benzene rings is 2. The molecule has 0 aromatic heterocycles. The number of sulfone groups is 1. The molecule has 4 rings (SSSR count). The molecule has 2 heterocycles. The molecule has 0 aliphatic carbocycles. The molecule has 6 nitrogen and oxygen atoms in total. The molecule has 170 valence electrons. The zero-order chi connectivity index (χ0) is 22.7. The molecule has 9 heteroatoms. The monoisotopic (exact) mass is 492 g/mol. The summed E-state index contributed by atoms with van der Waals surface area (Å²) < 4.78 is 30.4. The van der Waals surface area contributed by atoms with Gasteiger partial charge in [0.25, 0.3) is 5.91 Å². The van der Waals surface area contributed by atoms with Crippen molar-refractivity contribution >= 4 is 50.0 Å². The maximum absolute atomic E-state index is 12.7. The van der Waals surface area contributed by atoms with Crippen LogP contribution < -0.4 is 9.64 Å². The number of aliphatic imine (C=N–C) groups is 1. The zero-order valence-corrected chi connectivity index (χ0v) is 20.1. The summed E-state index contributed by atoms with van der Waals surface area (Å²) in [5.74, 6) is 0.585. The van der Waals surface area contributed by atoms with Crippen LogP contribution in [0.5, 0.6) is 5.75 Å². The molecule has 1 amide bonds. The van der Waals surface area contributed by atoms with Gasteiger partial charge in [0.05, 0.1) is 30.6 Å². The summed E-state index contributed by atoms with van der Waals surface area (Å²) in [7, 11) is -3.12. The molecule has 2 aromatic rings. The van der Waals surface area contributed by atoms with Gasteiger partial charge in [0.15, 0.2) is 15.0 Å². The first-order valence-electron chi connectivity index (χ1n) is 10.6. The molecule has 2 saturated heterocycles. The van der Waals surface area contributed by atoms with Crippen molar-refractivity contribution in [1.82, 2.24) is 0 Å². The maximum atomic E-state index is 12.7. The van der Waals surface area contributed by atoms with Crippen LogP contribution in [0.4, 0.5) is 5.69 Å². The third-order valence-electron chi connectivity index (χ3n) is 5.42. The number of hydrogen-bond donors (Lipinski definition) is 0. The Hall–Kier alpha value is -2.03. The van der Waals surface area contributed by atoms with Gasteiger partial charge in [-0.05, 0) is 36.2 Å². The number of nitrogens with zero attached hydrogens (tertiary/aromatic N) is 2.